The third kappa shape index (κ3) is 4.60. The van der Waals surface area contributed by atoms with E-state index in [2.05, 4.69) is 5.32 Å². The fourth-order valence-corrected chi connectivity index (χ4v) is 2.99. The van der Waals surface area contributed by atoms with Gasteiger partial charge in [-0.2, -0.15) is 0 Å². The van der Waals surface area contributed by atoms with E-state index in [4.69, 9.17) is 9.47 Å². The first-order chi connectivity index (χ1) is 13.9. The Bertz CT molecular complexity index is 985. The highest BCUT2D eigenvalue weighted by Gasteiger charge is 2.32. The second-order valence-corrected chi connectivity index (χ2v) is 6.53. The minimum Gasteiger partial charge on any atom is -0.495 e. The Hall–Kier alpha value is -3.68. The number of methoxy groups -OCH3 is 1. The highest BCUT2D eigenvalue weighted by molar-refractivity contribution is 6.11. The summed E-state index contributed by atoms with van der Waals surface area (Å²) in [5.41, 5.74) is 2.37. The summed E-state index contributed by atoms with van der Waals surface area (Å²) in [6, 6.07) is 12.0. The number of nitrogens with one attached hydrogen (secondary N) is 1. The van der Waals surface area contributed by atoms with Crippen molar-refractivity contribution in [1.82, 2.24) is 4.90 Å². The molecule has 0 atom stereocenters. The van der Waals surface area contributed by atoms with Gasteiger partial charge < -0.3 is 14.8 Å². The number of carbonyl (C=O) groups is 4. The van der Waals surface area contributed by atoms with Crippen LogP contribution in [0, 0.1) is 6.92 Å². The molecule has 3 amide bonds. The van der Waals surface area contributed by atoms with Crippen LogP contribution in [-0.4, -0.2) is 48.9 Å². The van der Waals surface area contributed by atoms with Crippen molar-refractivity contribution in [3.63, 3.8) is 0 Å². The maximum atomic E-state index is 12.4. The molecule has 1 aliphatic heterocycles. The van der Waals surface area contributed by atoms with E-state index >= 15 is 0 Å². The summed E-state index contributed by atoms with van der Waals surface area (Å²) < 4.78 is 10.1. The number of aryl methyl sites for hydroxylation is 1. The molecule has 8 heteroatoms. The molecule has 1 heterocycles. The molecule has 0 fully saturated rings. The van der Waals surface area contributed by atoms with E-state index in [1.165, 1.54) is 7.11 Å². The average Bonchev–Trinajstić information content (AvgIpc) is 2.70. The molecule has 150 valence electrons. The second-order valence-electron chi connectivity index (χ2n) is 6.53. The number of carbonyl (C=O) groups excluding carboxylic acids is 4. The Morgan fingerprint density at radius 3 is 2.66 bits per heavy atom. The van der Waals surface area contributed by atoms with Crippen molar-refractivity contribution in [2.24, 2.45) is 0 Å². The lowest BCUT2D eigenvalue weighted by molar-refractivity contribution is -0.150. The maximum Gasteiger partial charge on any atom is 0.326 e. The lowest BCUT2D eigenvalue weighted by Crippen LogP contribution is -2.45. The van der Waals surface area contributed by atoms with Gasteiger partial charge in [0.1, 0.15) is 12.3 Å². The highest BCUT2D eigenvalue weighted by Crippen LogP contribution is 2.25. The maximum absolute atomic E-state index is 12.4. The third-order valence-electron chi connectivity index (χ3n) is 4.42. The first kappa shape index (κ1) is 20.1. The Labute approximate surface area is 167 Å². The molecule has 0 aliphatic carbocycles. The SMILES string of the molecule is COc1ccc(C)cc1NC(=O)COC(=O)CN1C(=O)Cc2ccccc2C1=O. The molecule has 1 N–H and O–H groups in total. The molecule has 2 aromatic rings. The van der Waals surface area contributed by atoms with E-state index in [9.17, 15) is 19.2 Å². The van der Waals surface area contributed by atoms with Crippen LogP contribution in [-0.2, 0) is 25.5 Å². The largest absolute Gasteiger partial charge is 0.495 e. The van der Waals surface area contributed by atoms with Crippen LogP contribution in [0.3, 0.4) is 0 Å². The molecule has 0 spiro atoms. The van der Waals surface area contributed by atoms with E-state index < -0.39 is 36.8 Å². The van der Waals surface area contributed by atoms with Gasteiger partial charge in [0.2, 0.25) is 5.91 Å². The third-order valence-corrected chi connectivity index (χ3v) is 4.42. The number of hydrogen-bond donors (Lipinski definition) is 1. The van der Waals surface area contributed by atoms with Crippen LogP contribution >= 0.6 is 0 Å². The quantitative estimate of drug-likeness (QED) is 0.589. The molecule has 0 saturated carbocycles. The van der Waals surface area contributed by atoms with Crippen molar-refractivity contribution in [3.8, 4) is 5.75 Å². The predicted octanol–water partition coefficient (Wildman–Crippen LogP) is 1.71. The Kier molecular flexibility index (Phi) is 5.92. The van der Waals surface area contributed by atoms with Crippen molar-refractivity contribution in [3.05, 3.63) is 59.2 Å². The lowest BCUT2D eigenvalue weighted by atomic mass is 9.98. The van der Waals surface area contributed by atoms with Gasteiger partial charge in [0.15, 0.2) is 6.61 Å². The number of amides is 3. The van der Waals surface area contributed by atoms with Crippen LogP contribution < -0.4 is 10.1 Å². The normalized spacial score (nSPS) is 13.0. The van der Waals surface area contributed by atoms with Crippen LogP contribution in [0.15, 0.2) is 42.5 Å². The molecule has 1 aliphatic rings. The van der Waals surface area contributed by atoms with Crippen LogP contribution in [0.1, 0.15) is 21.5 Å². The van der Waals surface area contributed by atoms with Crippen molar-refractivity contribution >= 4 is 29.4 Å². The van der Waals surface area contributed by atoms with E-state index in [-0.39, 0.29) is 6.42 Å². The number of ether oxygens (including phenoxy) is 2. The number of fused-ring (bicyclic) bond motifs is 1. The molecule has 0 bridgehead atoms. The highest BCUT2D eigenvalue weighted by atomic mass is 16.5. The van der Waals surface area contributed by atoms with Gasteiger partial charge in [0.25, 0.3) is 11.8 Å². The molecule has 2 aromatic carbocycles. The van der Waals surface area contributed by atoms with Gasteiger partial charge in [-0.05, 0) is 36.2 Å². The molecule has 3 rings (SSSR count). The number of esters is 1. The second kappa shape index (κ2) is 8.55. The molecular formula is C21H20N2O6. The number of benzene rings is 2. The van der Waals surface area contributed by atoms with Gasteiger partial charge in [0.05, 0.1) is 19.2 Å². The lowest BCUT2D eigenvalue weighted by Gasteiger charge is -2.25. The average molecular weight is 396 g/mol. The molecule has 0 aromatic heterocycles. The molecule has 0 radical (unpaired) electrons. The molecule has 0 unspecified atom stereocenters. The minimum atomic E-state index is -0.850. The summed E-state index contributed by atoms with van der Waals surface area (Å²) in [6.45, 7) is 0.760. The fourth-order valence-electron chi connectivity index (χ4n) is 2.99. The standard InChI is InChI=1S/C21H20N2O6/c1-13-7-8-17(28-2)16(9-13)22-18(24)12-29-20(26)11-23-19(25)10-14-5-3-4-6-15(14)21(23)27/h3-9H,10-12H2,1-2H3,(H,22,24). The Morgan fingerprint density at radius 1 is 1.14 bits per heavy atom. The van der Waals surface area contributed by atoms with Gasteiger partial charge in [-0.15, -0.1) is 0 Å². The first-order valence-corrected chi connectivity index (χ1v) is 8.91. The van der Waals surface area contributed by atoms with Gasteiger partial charge >= 0.3 is 5.97 Å². The van der Waals surface area contributed by atoms with Crippen molar-refractivity contribution in [2.75, 3.05) is 25.6 Å². The van der Waals surface area contributed by atoms with Gasteiger partial charge in [-0.25, -0.2) is 0 Å². The van der Waals surface area contributed by atoms with E-state index in [1.807, 2.05) is 13.0 Å². The first-order valence-electron chi connectivity index (χ1n) is 8.91. The van der Waals surface area contributed by atoms with E-state index in [0.29, 0.717) is 22.6 Å². The number of anilines is 1. The number of nitrogens with zero attached hydrogens (tertiary/aromatic N) is 1. The van der Waals surface area contributed by atoms with Crippen LogP contribution in [0.4, 0.5) is 5.69 Å². The Balaban J connectivity index is 1.56. The zero-order valence-corrected chi connectivity index (χ0v) is 16.1. The van der Waals surface area contributed by atoms with Crippen LogP contribution in [0.2, 0.25) is 0 Å². The van der Waals surface area contributed by atoms with Crippen LogP contribution in [0.5, 0.6) is 5.75 Å². The van der Waals surface area contributed by atoms with Gasteiger partial charge in [-0.3, -0.25) is 24.1 Å². The zero-order valence-electron chi connectivity index (χ0n) is 16.1. The van der Waals surface area contributed by atoms with Crippen molar-refractivity contribution < 1.29 is 28.7 Å². The zero-order chi connectivity index (χ0) is 21.0. The summed E-state index contributed by atoms with van der Waals surface area (Å²) in [5, 5.41) is 2.60. The summed E-state index contributed by atoms with van der Waals surface area (Å²) in [6.07, 6.45) is 0.0306. The summed E-state index contributed by atoms with van der Waals surface area (Å²) >= 11 is 0. The van der Waals surface area contributed by atoms with Gasteiger partial charge in [0, 0.05) is 5.56 Å². The summed E-state index contributed by atoms with van der Waals surface area (Å²) in [4.78, 5) is 49.6. The number of imide groups is 1. The molecule has 8 nitrogen and oxygen atoms in total. The Morgan fingerprint density at radius 2 is 1.90 bits per heavy atom. The monoisotopic (exact) mass is 396 g/mol. The topological polar surface area (TPSA) is 102 Å². The summed E-state index contributed by atoms with van der Waals surface area (Å²) in [7, 11) is 1.48. The molecule has 29 heavy (non-hydrogen) atoms. The van der Waals surface area contributed by atoms with Crippen LogP contribution in [0.25, 0.3) is 0 Å². The smallest absolute Gasteiger partial charge is 0.326 e. The van der Waals surface area contributed by atoms with E-state index in [1.54, 1.807) is 36.4 Å². The fraction of sp³-hybridized carbons (Fsp3) is 0.238. The summed E-state index contributed by atoms with van der Waals surface area (Å²) in [5.74, 6) is -1.98. The van der Waals surface area contributed by atoms with Gasteiger partial charge in [-0.1, -0.05) is 24.3 Å². The van der Waals surface area contributed by atoms with E-state index in [0.717, 1.165) is 10.5 Å². The minimum absolute atomic E-state index is 0.0306. The predicted molar refractivity (Wildman–Crippen MR) is 104 cm³/mol. The molecular weight excluding hydrogens is 376 g/mol. The molecule has 0 saturated heterocycles. The number of rotatable bonds is 6. The van der Waals surface area contributed by atoms with Crippen molar-refractivity contribution in [1.29, 1.82) is 0 Å². The number of hydrogen-bond acceptors (Lipinski definition) is 6. The van der Waals surface area contributed by atoms with Crippen molar-refractivity contribution in [2.45, 2.75) is 13.3 Å².